The smallest absolute Gasteiger partial charge is 0.433 e. The predicted octanol–water partition coefficient (Wildman–Crippen LogP) is 1.79. The number of hydrogen-bond donors (Lipinski definition) is 0. The number of fused-ring (bicyclic) bond motifs is 1. The van der Waals surface area contributed by atoms with Gasteiger partial charge in [0, 0.05) is 12.1 Å². The maximum absolute atomic E-state index is 12.9. The summed E-state index contributed by atoms with van der Waals surface area (Å²) in [6, 6.07) is 5.24. The van der Waals surface area contributed by atoms with E-state index in [0.29, 0.717) is 5.56 Å². The molecule has 1 amide bonds. The number of nitro groups is 1. The molecule has 0 radical (unpaired) electrons. The molecule has 1 fully saturated rings. The minimum atomic E-state index is -2.10. The minimum Gasteiger partial charge on any atom is -0.433 e. The zero-order valence-electron chi connectivity index (χ0n) is 21.3. The molecule has 15 nitrogen and oxygen atoms in total. The number of rotatable bonds is 8. The van der Waals surface area contributed by atoms with Crippen molar-refractivity contribution >= 4 is 45.5 Å². The summed E-state index contributed by atoms with van der Waals surface area (Å²) in [5, 5.41) is 9.11. The molecule has 0 N–H and O–H groups in total. The summed E-state index contributed by atoms with van der Waals surface area (Å²) in [6.07, 6.45) is -1.16. The lowest BCUT2D eigenvalue weighted by Gasteiger charge is -2.47. The first-order chi connectivity index (χ1) is 18.3. The molecule has 208 valence electrons. The minimum absolute atomic E-state index is 0.0885. The maximum Gasteiger partial charge on any atom is 0.508 e. The van der Waals surface area contributed by atoms with Crippen LogP contribution in [0, 0.1) is 21.4 Å². The molecule has 1 saturated heterocycles. The third-order valence-corrected chi connectivity index (χ3v) is 7.39. The third-order valence-electron chi connectivity index (χ3n) is 5.64. The number of nitrogens with zero attached hydrogens (tertiary/aromatic N) is 4. The second kappa shape index (κ2) is 11.5. The van der Waals surface area contributed by atoms with Crippen molar-refractivity contribution in [1.82, 2.24) is 4.90 Å². The van der Waals surface area contributed by atoms with Crippen molar-refractivity contribution in [1.29, 1.82) is 0 Å². The van der Waals surface area contributed by atoms with Gasteiger partial charge in [-0.1, -0.05) is 0 Å². The van der Waals surface area contributed by atoms with Crippen molar-refractivity contribution in [2.24, 2.45) is 11.3 Å². The van der Waals surface area contributed by atoms with Gasteiger partial charge in [-0.05, 0) is 45.4 Å². The Labute approximate surface area is 223 Å². The number of esters is 2. The van der Waals surface area contributed by atoms with E-state index >= 15 is 0 Å². The molecule has 0 saturated carbocycles. The fraction of sp³-hybridized carbons (Fsp3) is 0.435. The molecule has 0 unspecified atom stereocenters. The molecule has 1 aromatic rings. The molecule has 2 heterocycles. The fourth-order valence-corrected chi connectivity index (χ4v) is 5.15. The quantitative estimate of drug-likeness (QED) is 0.0846. The molecule has 3 atom stereocenters. The molecule has 39 heavy (non-hydrogen) atoms. The van der Waals surface area contributed by atoms with Gasteiger partial charge in [-0.2, -0.15) is 4.79 Å². The van der Waals surface area contributed by atoms with E-state index in [1.807, 2.05) is 0 Å². The lowest BCUT2D eigenvalue weighted by atomic mass is 9.96. The number of nitro benzene ring substituents is 1. The summed E-state index contributed by atoms with van der Waals surface area (Å²) in [5.41, 5.74) is 8.39. The Hall–Kier alpha value is -4.43. The van der Waals surface area contributed by atoms with E-state index < -0.39 is 69.8 Å². The van der Waals surface area contributed by atoms with Gasteiger partial charge in [0.05, 0.1) is 15.9 Å². The van der Waals surface area contributed by atoms with Crippen LogP contribution in [0.5, 0.6) is 0 Å². The highest BCUT2D eigenvalue weighted by atomic mass is 32.2. The first kappa shape index (κ1) is 29.1. The summed E-state index contributed by atoms with van der Waals surface area (Å²) in [7, 11) is -2.10. The van der Waals surface area contributed by atoms with Crippen LogP contribution >= 0.6 is 0 Å². The molecule has 2 aliphatic rings. The zero-order chi connectivity index (χ0) is 29.1. The Morgan fingerprint density at radius 3 is 2.33 bits per heavy atom. The van der Waals surface area contributed by atoms with Gasteiger partial charge in [0.2, 0.25) is 12.7 Å². The third kappa shape index (κ3) is 6.18. The van der Waals surface area contributed by atoms with E-state index in [-0.39, 0.29) is 28.6 Å². The summed E-state index contributed by atoms with van der Waals surface area (Å²) in [4.78, 5) is 63.5. The van der Waals surface area contributed by atoms with E-state index in [1.165, 1.54) is 31.2 Å². The molecule has 2 aliphatic heterocycles. The van der Waals surface area contributed by atoms with Crippen molar-refractivity contribution < 1.29 is 52.0 Å². The first-order valence-corrected chi connectivity index (χ1v) is 12.5. The molecule has 16 heteroatoms. The van der Waals surface area contributed by atoms with Crippen molar-refractivity contribution in [3.63, 3.8) is 0 Å². The SMILES string of the molecule is CC1=C(C(=O)OCOC(=O)C(C)(C)C)N2C(=O)[C@H](COC(=O)OCc3ccc([N+](=O)[O-])cc3)[C@@H]2[S@@](=O)C1=[N+]=[N-]. The monoisotopic (exact) mass is 564 g/mol. The normalized spacial score (nSPS) is 20.3. The number of non-ortho nitro benzene ring substituents is 1. The van der Waals surface area contributed by atoms with Crippen LogP contribution in [0.2, 0.25) is 0 Å². The summed E-state index contributed by atoms with van der Waals surface area (Å²) < 4.78 is 32.7. The summed E-state index contributed by atoms with van der Waals surface area (Å²) in [6.45, 7) is 4.52. The van der Waals surface area contributed by atoms with Crippen LogP contribution in [0.25, 0.3) is 5.53 Å². The standard InChI is InChI=1S/C23H24N4O11S/c1-12-16(20(29)37-11-38-21(30)23(2,3)4)26-18(28)15(19(26)39(34)17(12)25-24)10-36-22(31)35-9-13-5-7-14(8-6-13)27(32)33/h5-8,15,19H,9-11H2,1-4H3/t15-,19-,39-/m0/s1. The number of ether oxygens (including phenoxy) is 4. The molecule has 3 rings (SSSR count). The van der Waals surface area contributed by atoms with Crippen molar-refractivity contribution in [2.75, 3.05) is 13.4 Å². The fourth-order valence-electron chi connectivity index (χ4n) is 3.55. The molecule has 0 bridgehead atoms. The van der Waals surface area contributed by atoms with Gasteiger partial charge in [-0.15, -0.1) is 0 Å². The van der Waals surface area contributed by atoms with E-state index in [9.17, 15) is 39.0 Å². The van der Waals surface area contributed by atoms with Crippen molar-refractivity contribution in [3.8, 4) is 0 Å². The highest BCUT2D eigenvalue weighted by Gasteiger charge is 2.61. The van der Waals surface area contributed by atoms with Crippen molar-refractivity contribution in [2.45, 2.75) is 39.7 Å². The Kier molecular flexibility index (Phi) is 8.61. The van der Waals surface area contributed by atoms with Crippen LogP contribution < -0.4 is 0 Å². The van der Waals surface area contributed by atoms with Crippen LogP contribution in [0.1, 0.15) is 33.3 Å². The average Bonchev–Trinajstić information content (AvgIpc) is 2.87. The Morgan fingerprint density at radius 1 is 1.13 bits per heavy atom. The number of hydrogen-bond acceptors (Lipinski definition) is 11. The van der Waals surface area contributed by atoms with E-state index in [2.05, 4.69) is 4.79 Å². The largest absolute Gasteiger partial charge is 0.508 e. The van der Waals surface area contributed by atoms with Crippen molar-refractivity contribution in [3.05, 3.63) is 56.7 Å². The molecular formula is C23H24N4O11S. The molecule has 0 spiro atoms. The lowest BCUT2D eigenvalue weighted by Crippen LogP contribution is -2.67. The van der Waals surface area contributed by atoms with Gasteiger partial charge in [0.15, 0.2) is 10.8 Å². The second-order valence-electron chi connectivity index (χ2n) is 9.39. The Balaban J connectivity index is 1.63. The molecular weight excluding hydrogens is 540 g/mol. The van der Waals surface area contributed by atoms with E-state index in [0.717, 1.165) is 4.90 Å². The number of benzene rings is 1. The Bertz CT molecular complexity index is 1330. The predicted molar refractivity (Wildman–Crippen MR) is 129 cm³/mol. The van der Waals surface area contributed by atoms with Crippen LogP contribution in [-0.4, -0.2) is 66.6 Å². The number of carbonyl (C=O) groups is 4. The molecule has 0 aromatic heterocycles. The zero-order valence-corrected chi connectivity index (χ0v) is 22.1. The van der Waals surface area contributed by atoms with Crippen LogP contribution in [0.4, 0.5) is 10.5 Å². The van der Waals surface area contributed by atoms with Gasteiger partial charge < -0.3 is 24.5 Å². The number of amides is 1. The van der Waals surface area contributed by atoms with Gasteiger partial charge in [-0.3, -0.25) is 24.6 Å². The Morgan fingerprint density at radius 2 is 1.77 bits per heavy atom. The van der Waals surface area contributed by atoms with E-state index in [4.69, 9.17) is 18.9 Å². The van der Waals surface area contributed by atoms with Gasteiger partial charge in [0.1, 0.15) is 30.2 Å². The second-order valence-corrected chi connectivity index (χ2v) is 10.9. The van der Waals surface area contributed by atoms with Crippen LogP contribution in [0.15, 0.2) is 35.5 Å². The highest BCUT2D eigenvalue weighted by molar-refractivity contribution is 8.01. The van der Waals surface area contributed by atoms with Gasteiger partial charge in [0.25, 0.3) is 5.69 Å². The molecule has 0 aliphatic carbocycles. The summed E-state index contributed by atoms with van der Waals surface area (Å²) >= 11 is 0. The van der Waals surface area contributed by atoms with E-state index in [1.54, 1.807) is 20.8 Å². The topological polar surface area (TPSA) is 205 Å². The maximum atomic E-state index is 12.9. The van der Waals surface area contributed by atoms with Crippen LogP contribution in [0.3, 0.4) is 0 Å². The highest BCUT2D eigenvalue weighted by Crippen LogP contribution is 2.39. The number of β-lactam (4-membered cyclic amide) rings is 1. The first-order valence-electron chi connectivity index (χ1n) is 11.3. The van der Waals surface area contributed by atoms with Gasteiger partial charge in [-0.25, -0.2) is 13.8 Å². The summed E-state index contributed by atoms with van der Waals surface area (Å²) in [5.74, 6) is -3.61. The average molecular weight is 565 g/mol. The van der Waals surface area contributed by atoms with Gasteiger partial charge >= 0.3 is 23.1 Å². The van der Waals surface area contributed by atoms with Crippen LogP contribution in [-0.2, 0) is 50.7 Å². The molecule has 1 aromatic carbocycles. The lowest BCUT2D eigenvalue weighted by molar-refractivity contribution is -0.384. The number of carbonyl (C=O) groups excluding carboxylic acids is 4.